The van der Waals surface area contributed by atoms with Gasteiger partial charge in [-0.2, -0.15) is 5.10 Å². The Morgan fingerprint density at radius 2 is 2.35 bits per heavy atom. The molecule has 0 aliphatic carbocycles. The highest BCUT2D eigenvalue weighted by molar-refractivity contribution is 5.99. The van der Waals surface area contributed by atoms with Crippen molar-refractivity contribution >= 4 is 11.6 Å². The summed E-state index contributed by atoms with van der Waals surface area (Å²) >= 11 is 0. The molecule has 6 nitrogen and oxygen atoms in total. The monoisotopic (exact) mass is 231 g/mol. The Labute approximate surface area is 98.3 Å². The van der Waals surface area contributed by atoms with E-state index in [-0.39, 0.29) is 5.91 Å². The number of hydrogen-bond acceptors (Lipinski definition) is 4. The standard InChI is InChI=1S/C11H13N5O/c1-7-3-2-4-8(10(7)12)11(17)13-5-9-14-6-15-16-9/h2-4,6H,5,12H2,1H3,(H,13,17)(H,14,15,16). The van der Waals surface area contributed by atoms with Crippen LogP contribution in [0.25, 0.3) is 0 Å². The van der Waals surface area contributed by atoms with Crippen LogP contribution >= 0.6 is 0 Å². The predicted octanol–water partition coefficient (Wildman–Crippen LogP) is 0.625. The summed E-state index contributed by atoms with van der Waals surface area (Å²) in [6.45, 7) is 2.16. The van der Waals surface area contributed by atoms with E-state index in [4.69, 9.17) is 5.73 Å². The van der Waals surface area contributed by atoms with E-state index < -0.39 is 0 Å². The lowest BCUT2D eigenvalue weighted by molar-refractivity contribution is 0.0950. The number of nitrogens with two attached hydrogens (primary N) is 1. The number of aromatic amines is 1. The number of amides is 1. The Morgan fingerprint density at radius 3 is 3.06 bits per heavy atom. The highest BCUT2D eigenvalue weighted by atomic mass is 16.1. The molecule has 6 heteroatoms. The first-order valence-corrected chi connectivity index (χ1v) is 5.16. The van der Waals surface area contributed by atoms with Crippen molar-refractivity contribution in [2.75, 3.05) is 5.73 Å². The average molecular weight is 231 g/mol. The first-order chi connectivity index (χ1) is 8.18. The summed E-state index contributed by atoms with van der Waals surface area (Å²) in [4.78, 5) is 15.8. The summed E-state index contributed by atoms with van der Waals surface area (Å²) in [5, 5.41) is 9.07. The van der Waals surface area contributed by atoms with Crippen molar-refractivity contribution < 1.29 is 4.79 Å². The second-order valence-corrected chi connectivity index (χ2v) is 3.65. The molecular formula is C11H13N5O. The summed E-state index contributed by atoms with van der Waals surface area (Å²) in [7, 11) is 0. The van der Waals surface area contributed by atoms with Gasteiger partial charge in [-0.3, -0.25) is 9.89 Å². The minimum atomic E-state index is -0.220. The third-order valence-electron chi connectivity index (χ3n) is 2.45. The zero-order chi connectivity index (χ0) is 12.3. The number of hydrogen-bond donors (Lipinski definition) is 3. The predicted molar refractivity (Wildman–Crippen MR) is 63.1 cm³/mol. The van der Waals surface area contributed by atoms with E-state index in [1.165, 1.54) is 6.33 Å². The molecular weight excluding hydrogens is 218 g/mol. The van der Waals surface area contributed by atoms with Gasteiger partial charge in [-0.05, 0) is 18.6 Å². The minimum Gasteiger partial charge on any atom is -0.398 e. The Balaban J connectivity index is 2.07. The quantitative estimate of drug-likeness (QED) is 0.675. The molecule has 0 aliphatic heterocycles. The van der Waals surface area contributed by atoms with Crippen LogP contribution in [0, 0.1) is 6.92 Å². The van der Waals surface area contributed by atoms with E-state index in [1.807, 2.05) is 13.0 Å². The average Bonchev–Trinajstić information content (AvgIpc) is 2.82. The lowest BCUT2D eigenvalue weighted by Gasteiger charge is -2.08. The fourth-order valence-corrected chi connectivity index (χ4v) is 1.45. The zero-order valence-electron chi connectivity index (χ0n) is 9.40. The lowest BCUT2D eigenvalue weighted by atomic mass is 10.1. The first kappa shape index (κ1) is 11.1. The largest absolute Gasteiger partial charge is 0.398 e. The molecule has 0 saturated carbocycles. The van der Waals surface area contributed by atoms with E-state index in [9.17, 15) is 4.79 Å². The van der Waals surface area contributed by atoms with Crippen LogP contribution in [0.2, 0.25) is 0 Å². The second-order valence-electron chi connectivity index (χ2n) is 3.65. The van der Waals surface area contributed by atoms with Gasteiger partial charge in [-0.25, -0.2) is 4.98 Å². The van der Waals surface area contributed by atoms with E-state index in [2.05, 4.69) is 20.5 Å². The Morgan fingerprint density at radius 1 is 1.53 bits per heavy atom. The van der Waals surface area contributed by atoms with E-state index in [1.54, 1.807) is 12.1 Å². The molecule has 17 heavy (non-hydrogen) atoms. The van der Waals surface area contributed by atoms with Gasteiger partial charge in [0.25, 0.3) is 5.91 Å². The van der Waals surface area contributed by atoms with Crippen molar-refractivity contribution in [3.8, 4) is 0 Å². The maximum absolute atomic E-state index is 11.9. The maximum Gasteiger partial charge on any atom is 0.253 e. The summed E-state index contributed by atoms with van der Waals surface area (Å²) in [6.07, 6.45) is 1.39. The second kappa shape index (κ2) is 4.65. The van der Waals surface area contributed by atoms with Crippen LogP contribution in [-0.2, 0) is 6.54 Å². The third kappa shape index (κ3) is 2.41. The van der Waals surface area contributed by atoms with Crippen molar-refractivity contribution in [1.29, 1.82) is 0 Å². The van der Waals surface area contributed by atoms with Gasteiger partial charge in [-0.1, -0.05) is 12.1 Å². The number of carbonyl (C=O) groups is 1. The molecule has 1 aromatic heterocycles. The number of rotatable bonds is 3. The Kier molecular flexibility index (Phi) is 3.04. The van der Waals surface area contributed by atoms with Crippen LogP contribution in [0.5, 0.6) is 0 Å². The molecule has 0 bridgehead atoms. The van der Waals surface area contributed by atoms with Crippen molar-refractivity contribution in [1.82, 2.24) is 20.5 Å². The Bertz CT molecular complexity index is 521. The SMILES string of the molecule is Cc1cccc(C(=O)NCc2ncn[nH]2)c1N. The van der Waals surface area contributed by atoms with Crippen LogP contribution < -0.4 is 11.1 Å². The molecule has 0 aliphatic rings. The van der Waals surface area contributed by atoms with Gasteiger partial charge in [0.05, 0.1) is 12.1 Å². The van der Waals surface area contributed by atoms with Crippen molar-refractivity contribution in [2.45, 2.75) is 13.5 Å². The molecule has 2 rings (SSSR count). The van der Waals surface area contributed by atoms with Crippen LogP contribution in [0.4, 0.5) is 5.69 Å². The number of aryl methyl sites for hydroxylation is 1. The Hall–Kier alpha value is -2.37. The van der Waals surface area contributed by atoms with Crippen LogP contribution in [0.1, 0.15) is 21.7 Å². The number of nitrogens with zero attached hydrogens (tertiary/aromatic N) is 2. The van der Waals surface area contributed by atoms with Crippen molar-refractivity contribution in [3.05, 3.63) is 41.5 Å². The van der Waals surface area contributed by atoms with Crippen LogP contribution in [-0.4, -0.2) is 21.1 Å². The number of benzene rings is 1. The fourth-order valence-electron chi connectivity index (χ4n) is 1.45. The zero-order valence-corrected chi connectivity index (χ0v) is 9.40. The number of carbonyl (C=O) groups excluding carboxylic acids is 1. The molecule has 0 fully saturated rings. The van der Waals surface area contributed by atoms with Crippen molar-refractivity contribution in [2.24, 2.45) is 0 Å². The topological polar surface area (TPSA) is 96.7 Å². The number of para-hydroxylation sites is 1. The van der Waals surface area contributed by atoms with Gasteiger partial charge in [0.1, 0.15) is 12.2 Å². The summed E-state index contributed by atoms with van der Waals surface area (Å²) in [5.74, 6) is 0.382. The van der Waals surface area contributed by atoms with Gasteiger partial charge in [-0.15, -0.1) is 0 Å². The smallest absolute Gasteiger partial charge is 0.253 e. The molecule has 0 saturated heterocycles. The van der Waals surface area contributed by atoms with Gasteiger partial charge in [0.15, 0.2) is 0 Å². The first-order valence-electron chi connectivity index (χ1n) is 5.16. The summed E-state index contributed by atoms with van der Waals surface area (Å²) in [5.41, 5.74) is 7.70. The normalized spacial score (nSPS) is 10.2. The molecule has 1 aromatic carbocycles. The van der Waals surface area contributed by atoms with Gasteiger partial charge < -0.3 is 11.1 Å². The maximum atomic E-state index is 11.9. The van der Waals surface area contributed by atoms with Crippen LogP contribution in [0.15, 0.2) is 24.5 Å². The van der Waals surface area contributed by atoms with Gasteiger partial charge in [0, 0.05) is 5.69 Å². The number of nitrogen functional groups attached to an aromatic ring is 1. The van der Waals surface area contributed by atoms with E-state index in [0.29, 0.717) is 23.6 Å². The fraction of sp³-hybridized carbons (Fsp3) is 0.182. The molecule has 2 aromatic rings. The molecule has 88 valence electrons. The number of aromatic nitrogens is 3. The number of nitrogens with one attached hydrogen (secondary N) is 2. The molecule has 1 heterocycles. The molecule has 0 radical (unpaired) electrons. The summed E-state index contributed by atoms with van der Waals surface area (Å²) < 4.78 is 0. The van der Waals surface area contributed by atoms with E-state index >= 15 is 0 Å². The van der Waals surface area contributed by atoms with Gasteiger partial charge >= 0.3 is 0 Å². The van der Waals surface area contributed by atoms with Crippen LogP contribution in [0.3, 0.4) is 0 Å². The molecule has 0 unspecified atom stereocenters. The lowest BCUT2D eigenvalue weighted by Crippen LogP contribution is -2.24. The third-order valence-corrected chi connectivity index (χ3v) is 2.45. The number of H-pyrrole nitrogens is 1. The highest BCUT2D eigenvalue weighted by Crippen LogP contribution is 2.16. The van der Waals surface area contributed by atoms with Crippen molar-refractivity contribution in [3.63, 3.8) is 0 Å². The van der Waals surface area contributed by atoms with Gasteiger partial charge in [0.2, 0.25) is 0 Å². The molecule has 0 spiro atoms. The highest BCUT2D eigenvalue weighted by Gasteiger charge is 2.10. The summed E-state index contributed by atoms with van der Waals surface area (Å²) in [6, 6.07) is 5.36. The number of anilines is 1. The minimum absolute atomic E-state index is 0.220. The molecule has 1 amide bonds. The molecule has 4 N–H and O–H groups in total. The van der Waals surface area contributed by atoms with E-state index in [0.717, 1.165) is 5.56 Å². The molecule has 0 atom stereocenters.